The minimum absolute atomic E-state index is 0.0964. The number of aromatic nitrogens is 1. The molecule has 46 heavy (non-hydrogen) atoms. The largest absolute Gasteiger partial charge is 0.490 e. The first-order valence-electron chi connectivity index (χ1n) is 14.3. The summed E-state index contributed by atoms with van der Waals surface area (Å²) in [6.07, 6.45) is 1.76. The summed E-state index contributed by atoms with van der Waals surface area (Å²) in [5, 5.41) is 1.03. The number of esters is 1. The van der Waals surface area contributed by atoms with E-state index in [0.717, 1.165) is 5.56 Å². The average molecular weight is 746 g/mol. The van der Waals surface area contributed by atoms with Crippen molar-refractivity contribution in [3.05, 3.63) is 111 Å². The number of fused-ring (bicyclic) bond motifs is 2. The van der Waals surface area contributed by atoms with E-state index < -0.39 is 12.0 Å². The van der Waals surface area contributed by atoms with Crippen LogP contribution in [0.25, 0.3) is 6.08 Å². The van der Waals surface area contributed by atoms with Gasteiger partial charge in [0, 0.05) is 15.6 Å². The van der Waals surface area contributed by atoms with Crippen LogP contribution in [-0.2, 0) is 16.1 Å². The van der Waals surface area contributed by atoms with Crippen LogP contribution < -0.4 is 33.8 Å². The monoisotopic (exact) mass is 744 g/mol. The van der Waals surface area contributed by atoms with E-state index in [4.69, 9.17) is 46.9 Å². The van der Waals surface area contributed by atoms with E-state index in [1.54, 1.807) is 56.3 Å². The lowest BCUT2D eigenvalue weighted by Gasteiger charge is -2.24. The van der Waals surface area contributed by atoms with Gasteiger partial charge in [0.1, 0.15) is 6.61 Å². The third kappa shape index (κ3) is 6.29. The van der Waals surface area contributed by atoms with Gasteiger partial charge in [-0.1, -0.05) is 46.7 Å². The van der Waals surface area contributed by atoms with Crippen LogP contribution in [0.3, 0.4) is 0 Å². The third-order valence-corrected chi connectivity index (χ3v) is 9.40. The van der Waals surface area contributed by atoms with E-state index in [9.17, 15) is 9.59 Å². The van der Waals surface area contributed by atoms with Crippen LogP contribution in [0.4, 0.5) is 0 Å². The maximum Gasteiger partial charge on any atom is 0.338 e. The van der Waals surface area contributed by atoms with Gasteiger partial charge in [-0.2, -0.15) is 0 Å². The lowest BCUT2D eigenvalue weighted by molar-refractivity contribution is -0.139. The zero-order valence-electron chi connectivity index (χ0n) is 24.9. The summed E-state index contributed by atoms with van der Waals surface area (Å²) in [6, 6.07) is 13.4. The first-order valence-corrected chi connectivity index (χ1v) is 16.7. The Morgan fingerprint density at radius 2 is 1.89 bits per heavy atom. The Labute approximate surface area is 286 Å². The van der Waals surface area contributed by atoms with Crippen molar-refractivity contribution < 1.29 is 28.5 Å². The molecule has 1 aromatic heterocycles. The quantitative estimate of drug-likeness (QED) is 0.179. The van der Waals surface area contributed by atoms with E-state index in [1.807, 2.05) is 19.1 Å². The number of thiazole rings is 1. The molecule has 2 aliphatic heterocycles. The lowest BCUT2D eigenvalue weighted by Crippen LogP contribution is -2.39. The molecule has 0 bridgehead atoms. The molecule has 0 N–H and O–H groups in total. The number of hydrogen-bond donors (Lipinski definition) is 0. The summed E-state index contributed by atoms with van der Waals surface area (Å²) in [7, 11) is 0. The van der Waals surface area contributed by atoms with Crippen molar-refractivity contribution >= 4 is 62.5 Å². The molecule has 9 nitrogen and oxygen atoms in total. The van der Waals surface area contributed by atoms with Crippen LogP contribution in [0.15, 0.2) is 74.1 Å². The van der Waals surface area contributed by atoms with Gasteiger partial charge in [-0.15, -0.1) is 0 Å². The Morgan fingerprint density at radius 1 is 1.09 bits per heavy atom. The van der Waals surface area contributed by atoms with Crippen molar-refractivity contribution in [2.45, 2.75) is 33.4 Å². The fraction of sp³-hybridized carbons (Fsp3) is 0.242. The Kier molecular flexibility index (Phi) is 9.47. The number of carbonyl (C=O) groups is 1. The van der Waals surface area contributed by atoms with E-state index in [2.05, 4.69) is 20.9 Å². The molecule has 2 aliphatic rings. The van der Waals surface area contributed by atoms with Gasteiger partial charge in [-0.3, -0.25) is 9.36 Å². The molecule has 1 atom stereocenters. The second-order valence-electron chi connectivity index (χ2n) is 10.2. The first kappa shape index (κ1) is 32.2. The number of ether oxygens (including phenoxy) is 5. The van der Waals surface area contributed by atoms with Crippen molar-refractivity contribution in [3.63, 3.8) is 0 Å². The minimum Gasteiger partial charge on any atom is -0.490 e. The van der Waals surface area contributed by atoms with Crippen molar-refractivity contribution in [1.82, 2.24) is 4.57 Å². The predicted octanol–water partition coefficient (Wildman–Crippen LogP) is 6.57. The molecule has 0 saturated carbocycles. The van der Waals surface area contributed by atoms with E-state index >= 15 is 0 Å². The number of nitrogens with zero attached hydrogens (tertiary/aromatic N) is 2. The smallest absolute Gasteiger partial charge is 0.338 e. The van der Waals surface area contributed by atoms with Crippen LogP contribution in [0.1, 0.15) is 43.5 Å². The molecule has 238 valence electrons. The van der Waals surface area contributed by atoms with Gasteiger partial charge in [0.2, 0.25) is 6.79 Å². The Bertz CT molecular complexity index is 2070. The molecule has 13 heteroatoms. The Hall–Kier alpha value is -3.77. The highest BCUT2D eigenvalue weighted by atomic mass is 79.9. The number of benzene rings is 3. The first-order chi connectivity index (χ1) is 22.2. The Morgan fingerprint density at radius 3 is 2.65 bits per heavy atom. The van der Waals surface area contributed by atoms with E-state index in [0.29, 0.717) is 70.3 Å². The zero-order valence-corrected chi connectivity index (χ0v) is 28.8. The van der Waals surface area contributed by atoms with Crippen LogP contribution in [-0.4, -0.2) is 30.5 Å². The molecule has 0 spiro atoms. The van der Waals surface area contributed by atoms with Crippen LogP contribution >= 0.6 is 50.5 Å². The fourth-order valence-corrected chi connectivity index (χ4v) is 7.29. The van der Waals surface area contributed by atoms with Gasteiger partial charge >= 0.3 is 5.97 Å². The van der Waals surface area contributed by atoms with E-state index in [-0.39, 0.29) is 31.1 Å². The number of carbonyl (C=O) groups excluding carboxylic acids is 1. The summed E-state index contributed by atoms with van der Waals surface area (Å²) in [5.74, 6) is 1.56. The lowest BCUT2D eigenvalue weighted by atomic mass is 9.95. The van der Waals surface area contributed by atoms with Crippen molar-refractivity contribution in [2.75, 3.05) is 20.0 Å². The van der Waals surface area contributed by atoms with Crippen LogP contribution in [0.2, 0.25) is 10.0 Å². The summed E-state index contributed by atoms with van der Waals surface area (Å²) >= 11 is 17.2. The Balaban J connectivity index is 1.42. The number of rotatable bonds is 9. The number of hydrogen-bond acceptors (Lipinski definition) is 9. The summed E-state index contributed by atoms with van der Waals surface area (Å²) in [6.45, 7) is 6.20. The summed E-state index contributed by atoms with van der Waals surface area (Å²) < 4.78 is 31.1. The average Bonchev–Trinajstić information content (AvgIpc) is 3.60. The second-order valence-corrected chi connectivity index (χ2v) is 12.9. The zero-order chi connectivity index (χ0) is 32.5. The van der Waals surface area contributed by atoms with Gasteiger partial charge in [-0.25, -0.2) is 9.79 Å². The summed E-state index contributed by atoms with van der Waals surface area (Å²) in [5.41, 5.74) is 2.56. The molecule has 0 amide bonds. The highest BCUT2D eigenvalue weighted by molar-refractivity contribution is 9.10. The van der Waals surface area contributed by atoms with Crippen molar-refractivity contribution in [3.8, 4) is 23.0 Å². The van der Waals surface area contributed by atoms with Crippen LogP contribution in [0, 0.1) is 0 Å². The van der Waals surface area contributed by atoms with Gasteiger partial charge in [-0.05, 0) is 90.3 Å². The highest BCUT2D eigenvalue weighted by Crippen LogP contribution is 2.39. The van der Waals surface area contributed by atoms with Gasteiger partial charge < -0.3 is 23.7 Å². The fourth-order valence-electron chi connectivity index (χ4n) is 5.20. The van der Waals surface area contributed by atoms with Crippen molar-refractivity contribution in [1.29, 1.82) is 0 Å². The molecule has 0 saturated heterocycles. The summed E-state index contributed by atoms with van der Waals surface area (Å²) in [4.78, 5) is 32.4. The molecular weight excluding hydrogens is 719 g/mol. The molecule has 0 unspecified atom stereocenters. The molecule has 6 rings (SSSR count). The van der Waals surface area contributed by atoms with Crippen LogP contribution in [0.5, 0.6) is 23.0 Å². The van der Waals surface area contributed by atoms with Gasteiger partial charge in [0.05, 0.1) is 39.5 Å². The standard InChI is InChI=1S/C33H27BrCl2N2O7S/c1-4-41-26-11-18(10-22(34)30(26)43-15-20-6-8-21(35)14-23(20)36)12-27-31(39)38-29(19-7-9-24-25(13-19)45-16-44-24)28(32(40)42-5-2)17(3)37-33(38)46-27/h6-14,29H,4-5,15-16H2,1-3H3/b27-12-/t29-/m0/s1. The maximum atomic E-state index is 14.1. The van der Waals surface area contributed by atoms with Gasteiger partial charge in [0.15, 0.2) is 27.8 Å². The number of halogens is 3. The van der Waals surface area contributed by atoms with E-state index in [1.165, 1.54) is 15.9 Å². The maximum absolute atomic E-state index is 14.1. The molecule has 4 aromatic rings. The topological polar surface area (TPSA) is 97.6 Å². The van der Waals surface area contributed by atoms with Crippen molar-refractivity contribution in [2.24, 2.45) is 4.99 Å². The molecule has 3 heterocycles. The highest BCUT2D eigenvalue weighted by Gasteiger charge is 2.34. The molecule has 0 radical (unpaired) electrons. The molecule has 3 aromatic carbocycles. The third-order valence-electron chi connectivity index (χ3n) is 7.25. The molecule has 0 fully saturated rings. The minimum atomic E-state index is -0.784. The SMILES string of the molecule is CCOC(=O)C1=C(C)N=c2s/c(=C\c3cc(Br)c(OCc4ccc(Cl)cc4Cl)c(OCC)c3)c(=O)n2[C@H]1c1ccc2c(c1)OCO2. The second kappa shape index (κ2) is 13.5. The number of allylic oxidation sites excluding steroid dienone is 1. The molecular formula is C33H27BrCl2N2O7S. The van der Waals surface area contributed by atoms with Gasteiger partial charge in [0.25, 0.3) is 5.56 Å². The normalized spacial score (nSPS) is 15.4. The molecule has 0 aliphatic carbocycles. The predicted molar refractivity (Wildman–Crippen MR) is 179 cm³/mol.